The Bertz CT molecular complexity index is 534. The molecule has 22 heavy (non-hydrogen) atoms. The van der Waals surface area contributed by atoms with E-state index in [1.807, 2.05) is 6.92 Å². The molecule has 1 aromatic rings. The van der Waals surface area contributed by atoms with Gasteiger partial charge in [0.1, 0.15) is 5.69 Å². The zero-order valence-corrected chi connectivity index (χ0v) is 12.7. The smallest absolute Gasteiger partial charge is 0.252 e. The number of nitrogens with two attached hydrogens (primary N) is 1. The fourth-order valence-corrected chi connectivity index (χ4v) is 2.07. The highest BCUT2D eigenvalue weighted by Gasteiger charge is 2.20. The lowest BCUT2D eigenvalue weighted by Gasteiger charge is -2.17. The summed E-state index contributed by atoms with van der Waals surface area (Å²) in [5, 5.41) is 12.3. The number of benzene rings is 1. The highest BCUT2D eigenvalue weighted by Crippen LogP contribution is 2.39. The first-order chi connectivity index (χ1) is 10.6. The van der Waals surface area contributed by atoms with E-state index in [-0.39, 0.29) is 30.5 Å². The fraction of sp³-hybridized carbons (Fsp3) is 0.500. The molecule has 0 aromatic heterocycles. The molecule has 0 fully saturated rings. The first-order valence-corrected chi connectivity index (χ1v) is 6.95. The second-order valence-corrected chi connectivity index (χ2v) is 4.55. The van der Waals surface area contributed by atoms with Gasteiger partial charge in [-0.25, -0.2) is 0 Å². The Balaban J connectivity index is 3.22. The summed E-state index contributed by atoms with van der Waals surface area (Å²) >= 11 is 0. The number of aliphatic hydroxyl groups excluding tert-OH is 1. The molecule has 122 valence electrons. The Labute approximate surface area is 128 Å². The first-order valence-electron chi connectivity index (χ1n) is 6.95. The van der Waals surface area contributed by atoms with E-state index in [1.165, 1.54) is 13.2 Å². The minimum Gasteiger partial charge on any atom is -0.492 e. The van der Waals surface area contributed by atoms with E-state index in [0.717, 1.165) is 0 Å². The zero-order chi connectivity index (χ0) is 16.5. The van der Waals surface area contributed by atoms with Gasteiger partial charge in [-0.2, -0.15) is 5.48 Å². The Hall–Kier alpha value is -2.19. The zero-order valence-electron chi connectivity index (χ0n) is 12.7. The van der Waals surface area contributed by atoms with Crippen LogP contribution in [0, 0.1) is 4.91 Å². The van der Waals surface area contributed by atoms with E-state index >= 15 is 0 Å². The van der Waals surface area contributed by atoms with Gasteiger partial charge < -0.3 is 20.4 Å². The summed E-state index contributed by atoms with van der Waals surface area (Å²) in [6.07, 6.45) is 1.35. The monoisotopic (exact) mass is 311 g/mol. The maximum Gasteiger partial charge on any atom is 0.252 e. The number of nitroso groups, excluding NO2 is 1. The largest absolute Gasteiger partial charge is 0.492 e. The molecule has 0 aliphatic rings. The van der Waals surface area contributed by atoms with Crippen molar-refractivity contribution in [3.8, 4) is 11.5 Å². The normalized spacial score (nSPS) is 10.2. The van der Waals surface area contributed by atoms with Crippen LogP contribution in [-0.2, 0) is 17.8 Å². The number of nitrogens with zero attached hydrogens (tertiary/aromatic N) is 1. The molecule has 4 N–H and O–H groups in total. The molecule has 0 heterocycles. The number of ether oxygens (including phenoxy) is 1. The van der Waals surface area contributed by atoms with Gasteiger partial charge in [0.25, 0.3) is 5.91 Å². The number of carbonyl (C=O) groups is 1. The molecule has 8 nitrogen and oxygen atoms in total. The van der Waals surface area contributed by atoms with E-state index in [1.54, 1.807) is 0 Å². The standard InChI is InChI=1S/C14H21N3O5/c1-3-4-13(19)17-22-12-7-11(16-20)10(8-18)9(5-6-15)14(12)21-2/h7,18H,3-6,8,15H2,1-2H3,(H,17,19). The van der Waals surface area contributed by atoms with Gasteiger partial charge in [0.2, 0.25) is 0 Å². The summed E-state index contributed by atoms with van der Waals surface area (Å²) < 4.78 is 5.28. The second-order valence-electron chi connectivity index (χ2n) is 4.55. The summed E-state index contributed by atoms with van der Waals surface area (Å²) in [5.41, 5.74) is 8.72. The van der Waals surface area contributed by atoms with Gasteiger partial charge in [-0.05, 0) is 24.6 Å². The molecule has 0 aliphatic carbocycles. The number of hydroxylamine groups is 1. The van der Waals surface area contributed by atoms with Crippen molar-refractivity contribution in [1.29, 1.82) is 0 Å². The quantitative estimate of drug-likeness (QED) is 0.466. The Morgan fingerprint density at radius 2 is 2.18 bits per heavy atom. The summed E-state index contributed by atoms with van der Waals surface area (Å²) in [7, 11) is 1.42. The van der Waals surface area contributed by atoms with Gasteiger partial charge in [-0.3, -0.25) is 4.79 Å². The molecule has 0 spiro atoms. The topological polar surface area (TPSA) is 123 Å². The van der Waals surface area contributed by atoms with Gasteiger partial charge in [0, 0.05) is 23.6 Å². The fourth-order valence-electron chi connectivity index (χ4n) is 2.07. The van der Waals surface area contributed by atoms with Crippen LogP contribution in [0.15, 0.2) is 11.2 Å². The number of methoxy groups -OCH3 is 1. The van der Waals surface area contributed by atoms with Crippen molar-refractivity contribution in [2.24, 2.45) is 10.9 Å². The summed E-state index contributed by atoms with van der Waals surface area (Å²) in [6, 6.07) is 1.31. The summed E-state index contributed by atoms with van der Waals surface area (Å²) in [5.74, 6) is 0.151. The predicted molar refractivity (Wildman–Crippen MR) is 80.8 cm³/mol. The van der Waals surface area contributed by atoms with E-state index < -0.39 is 0 Å². The molecule has 0 saturated heterocycles. The van der Waals surface area contributed by atoms with Gasteiger partial charge in [0.05, 0.1) is 13.7 Å². The third-order valence-corrected chi connectivity index (χ3v) is 3.05. The van der Waals surface area contributed by atoms with Gasteiger partial charge in [-0.15, -0.1) is 4.91 Å². The molecule has 1 amide bonds. The van der Waals surface area contributed by atoms with E-state index in [0.29, 0.717) is 36.1 Å². The van der Waals surface area contributed by atoms with Crippen molar-refractivity contribution in [1.82, 2.24) is 5.48 Å². The third kappa shape index (κ3) is 4.15. The van der Waals surface area contributed by atoms with Crippen molar-refractivity contribution >= 4 is 11.6 Å². The molecular weight excluding hydrogens is 290 g/mol. The molecule has 0 unspecified atom stereocenters. The Morgan fingerprint density at radius 3 is 2.68 bits per heavy atom. The second kappa shape index (κ2) is 8.96. The Morgan fingerprint density at radius 1 is 1.45 bits per heavy atom. The number of rotatable bonds is 9. The number of carbonyl (C=O) groups excluding carboxylic acids is 1. The van der Waals surface area contributed by atoms with Crippen LogP contribution in [0.1, 0.15) is 30.9 Å². The molecule has 0 saturated carbocycles. The van der Waals surface area contributed by atoms with Gasteiger partial charge in [-0.1, -0.05) is 6.92 Å². The molecule has 1 rings (SSSR count). The predicted octanol–water partition coefficient (Wildman–Crippen LogP) is 1.30. The van der Waals surface area contributed by atoms with E-state index in [4.69, 9.17) is 15.3 Å². The van der Waals surface area contributed by atoms with Crippen molar-refractivity contribution in [3.05, 3.63) is 22.1 Å². The van der Waals surface area contributed by atoms with Crippen molar-refractivity contribution < 1.29 is 19.5 Å². The third-order valence-electron chi connectivity index (χ3n) is 3.05. The van der Waals surface area contributed by atoms with Crippen LogP contribution in [0.25, 0.3) is 0 Å². The maximum absolute atomic E-state index is 11.5. The van der Waals surface area contributed by atoms with Crippen LogP contribution >= 0.6 is 0 Å². The number of nitrogens with one attached hydrogen (secondary N) is 1. The summed E-state index contributed by atoms with van der Waals surface area (Å²) in [4.78, 5) is 27.7. The molecule has 0 atom stereocenters. The first kappa shape index (κ1) is 17.9. The average Bonchev–Trinajstić information content (AvgIpc) is 2.52. The SMILES string of the molecule is CCCC(=O)NOc1cc(N=O)c(CO)c(CCN)c1OC. The lowest BCUT2D eigenvalue weighted by Crippen LogP contribution is -2.26. The Kier molecular flexibility index (Phi) is 7.27. The van der Waals surface area contributed by atoms with Crippen molar-refractivity contribution in [2.45, 2.75) is 32.8 Å². The van der Waals surface area contributed by atoms with Gasteiger partial charge in [0.15, 0.2) is 11.5 Å². The highest BCUT2D eigenvalue weighted by molar-refractivity contribution is 5.75. The average molecular weight is 311 g/mol. The van der Waals surface area contributed by atoms with Crippen LogP contribution < -0.4 is 20.8 Å². The number of hydrogen-bond donors (Lipinski definition) is 3. The molecular formula is C14H21N3O5. The maximum atomic E-state index is 11.5. The lowest BCUT2D eigenvalue weighted by molar-refractivity contribution is -0.127. The molecule has 1 aromatic carbocycles. The number of hydrogen-bond acceptors (Lipinski definition) is 7. The summed E-state index contributed by atoms with van der Waals surface area (Å²) in [6.45, 7) is 1.77. The van der Waals surface area contributed by atoms with E-state index in [9.17, 15) is 14.8 Å². The molecule has 0 bridgehead atoms. The highest BCUT2D eigenvalue weighted by atomic mass is 16.7. The van der Waals surface area contributed by atoms with Crippen LogP contribution in [-0.4, -0.2) is 24.7 Å². The minimum absolute atomic E-state index is 0.0199. The molecule has 8 heteroatoms. The van der Waals surface area contributed by atoms with Crippen LogP contribution in [0.4, 0.5) is 5.69 Å². The van der Waals surface area contributed by atoms with Crippen LogP contribution in [0.3, 0.4) is 0 Å². The van der Waals surface area contributed by atoms with Gasteiger partial charge >= 0.3 is 0 Å². The minimum atomic E-state index is -0.380. The van der Waals surface area contributed by atoms with Crippen molar-refractivity contribution in [3.63, 3.8) is 0 Å². The molecule has 0 aliphatic heterocycles. The number of amides is 1. The lowest BCUT2D eigenvalue weighted by atomic mass is 10.0. The van der Waals surface area contributed by atoms with Crippen molar-refractivity contribution in [2.75, 3.05) is 13.7 Å². The van der Waals surface area contributed by atoms with Crippen LogP contribution in [0.2, 0.25) is 0 Å². The number of aliphatic hydroxyl groups is 1. The van der Waals surface area contributed by atoms with E-state index in [2.05, 4.69) is 10.7 Å². The molecule has 0 radical (unpaired) electrons. The van der Waals surface area contributed by atoms with Crippen LogP contribution in [0.5, 0.6) is 11.5 Å².